The second kappa shape index (κ2) is 13.0. The van der Waals surface area contributed by atoms with Gasteiger partial charge in [0.15, 0.2) is 0 Å². The number of nitrogens with one attached hydrogen (secondary N) is 1. The van der Waals surface area contributed by atoms with Crippen molar-refractivity contribution < 1.29 is 27.1 Å². The molecule has 1 atom stereocenters. The average molecular weight is 570 g/mol. The topological polar surface area (TPSA) is 96.0 Å². The van der Waals surface area contributed by atoms with Crippen molar-refractivity contribution in [2.24, 2.45) is 0 Å². The smallest absolute Gasteiger partial charge is 0.244 e. The number of anilines is 1. The average Bonchev–Trinajstić information content (AvgIpc) is 2.89. The van der Waals surface area contributed by atoms with E-state index in [1.54, 1.807) is 18.2 Å². The first-order valence-corrected chi connectivity index (χ1v) is 14.6. The maximum absolute atomic E-state index is 14.0. The highest BCUT2D eigenvalue weighted by Crippen LogP contribution is 2.24. The number of carbonyl (C=O) groups is 2. The van der Waals surface area contributed by atoms with Gasteiger partial charge < -0.3 is 15.0 Å². The first-order chi connectivity index (χ1) is 18.8. The van der Waals surface area contributed by atoms with Gasteiger partial charge in [-0.25, -0.2) is 12.8 Å². The summed E-state index contributed by atoms with van der Waals surface area (Å²) in [4.78, 5) is 29.1. The van der Waals surface area contributed by atoms with Crippen LogP contribution in [-0.4, -0.2) is 56.6 Å². The van der Waals surface area contributed by atoms with E-state index in [1.165, 1.54) is 42.3 Å². The van der Waals surface area contributed by atoms with Crippen LogP contribution in [0.15, 0.2) is 78.9 Å². The molecule has 3 aromatic rings. The van der Waals surface area contributed by atoms with Crippen molar-refractivity contribution in [1.82, 2.24) is 10.2 Å². The molecular weight excluding hydrogens is 533 g/mol. The molecule has 0 radical (unpaired) electrons. The number of rotatable bonds is 11. The highest BCUT2D eigenvalue weighted by Gasteiger charge is 2.34. The fourth-order valence-corrected chi connectivity index (χ4v) is 5.01. The lowest BCUT2D eigenvalue weighted by molar-refractivity contribution is -0.140. The molecule has 0 aliphatic heterocycles. The number of methoxy groups -OCH3 is 1. The summed E-state index contributed by atoms with van der Waals surface area (Å²) in [5.74, 6) is -0.996. The van der Waals surface area contributed by atoms with Crippen LogP contribution in [0.4, 0.5) is 10.1 Å². The van der Waals surface area contributed by atoms with Gasteiger partial charge in [-0.15, -0.1) is 0 Å². The minimum atomic E-state index is -3.90. The predicted octanol–water partition coefficient (Wildman–Crippen LogP) is 4.16. The van der Waals surface area contributed by atoms with Gasteiger partial charge in [0.1, 0.15) is 24.2 Å². The maximum Gasteiger partial charge on any atom is 0.244 e. The summed E-state index contributed by atoms with van der Waals surface area (Å²) in [5.41, 5.74) is 1.07. The van der Waals surface area contributed by atoms with Crippen molar-refractivity contribution in [2.45, 2.75) is 45.3 Å². The van der Waals surface area contributed by atoms with Crippen LogP contribution in [0.2, 0.25) is 0 Å². The van der Waals surface area contributed by atoms with Crippen LogP contribution >= 0.6 is 0 Å². The van der Waals surface area contributed by atoms with Gasteiger partial charge in [-0.1, -0.05) is 48.5 Å². The number of amides is 2. The molecule has 0 aromatic heterocycles. The normalized spacial score (nSPS) is 12.3. The Labute approximate surface area is 235 Å². The molecule has 0 heterocycles. The molecule has 2 amide bonds. The van der Waals surface area contributed by atoms with E-state index in [2.05, 4.69) is 5.32 Å². The minimum Gasteiger partial charge on any atom is -0.497 e. The van der Waals surface area contributed by atoms with E-state index in [4.69, 9.17) is 4.74 Å². The van der Waals surface area contributed by atoms with Crippen LogP contribution in [0.1, 0.15) is 31.9 Å². The Morgan fingerprint density at radius 2 is 1.60 bits per heavy atom. The Morgan fingerprint density at radius 1 is 0.950 bits per heavy atom. The Hall–Kier alpha value is -3.92. The van der Waals surface area contributed by atoms with Crippen molar-refractivity contribution in [2.75, 3.05) is 24.2 Å². The van der Waals surface area contributed by atoms with Crippen molar-refractivity contribution in [3.63, 3.8) is 0 Å². The van der Waals surface area contributed by atoms with E-state index in [0.717, 1.165) is 16.1 Å². The number of ether oxygens (including phenoxy) is 1. The second-order valence-corrected chi connectivity index (χ2v) is 12.5. The summed E-state index contributed by atoms with van der Waals surface area (Å²) in [6, 6.07) is 20.3. The Kier molecular flexibility index (Phi) is 9.92. The van der Waals surface area contributed by atoms with Crippen LogP contribution in [-0.2, 0) is 32.6 Å². The highest BCUT2D eigenvalue weighted by molar-refractivity contribution is 7.92. The fourth-order valence-electron chi connectivity index (χ4n) is 4.17. The van der Waals surface area contributed by atoms with E-state index in [9.17, 15) is 22.4 Å². The molecule has 0 spiro atoms. The zero-order valence-corrected chi connectivity index (χ0v) is 24.2. The van der Waals surface area contributed by atoms with E-state index >= 15 is 0 Å². The van der Waals surface area contributed by atoms with E-state index < -0.39 is 39.9 Å². The molecule has 0 saturated carbocycles. The maximum atomic E-state index is 14.0. The molecule has 0 saturated heterocycles. The van der Waals surface area contributed by atoms with Crippen LogP contribution in [0.25, 0.3) is 0 Å². The molecule has 3 rings (SSSR count). The third kappa shape index (κ3) is 8.81. The lowest BCUT2D eigenvalue weighted by atomic mass is 10.0. The summed E-state index contributed by atoms with van der Waals surface area (Å²) < 4.78 is 45.6. The van der Waals surface area contributed by atoms with Gasteiger partial charge >= 0.3 is 0 Å². The predicted molar refractivity (Wildman–Crippen MR) is 154 cm³/mol. The molecule has 10 heteroatoms. The van der Waals surface area contributed by atoms with Gasteiger partial charge in [-0.2, -0.15) is 0 Å². The first kappa shape index (κ1) is 30.6. The van der Waals surface area contributed by atoms with Gasteiger partial charge in [-0.05, 0) is 56.2 Å². The Bertz CT molecular complexity index is 1410. The number of halogens is 1. The molecule has 3 aromatic carbocycles. The minimum absolute atomic E-state index is 0.0378. The lowest BCUT2D eigenvalue weighted by Crippen LogP contribution is -2.56. The SMILES string of the molecule is COc1cccc(N(CC(=O)N(Cc2ccc(F)cc2)[C@H](Cc2ccccc2)C(=O)NC(C)(C)C)S(C)(=O)=O)c1. The molecule has 0 aliphatic rings. The number of nitrogens with zero attached hydrogens (tertiary/aromatic N) is 2. The number of hydrogen-bond acceptors (Lipinski definition) is 5. The number of carbonyl (C=O) groups excluding carboxylic acids is 2. The van der Waals surface area contributed by atoms with Gasteiger partial charge in [0.25, 0.3) is 0 Å². The van der Waals surface area contributed by atoms with Crippen molar-refractivity contribution in [1.29, 1.82) is 0 Å². The van der Waals surface area contributed by atoms with Crippen LogP contribution < -0.4 is 14.4 Å². The van der Waals surface area contributed by atoms with E-state index in [-0.39, 0.29) is 24.6 Å². The lowest BCUT2D eigenvalue weighted by Gasteiger charge is -2.35. The summed E-state index contributed by atoms with van der Waals surface area (Å²) in [5, 5.41) is 2.96. The van der Waals surface area contributed by atoms with Crippen molar-refractivity contribution >= 4 is 27.5 Å². The molecule has 0 fully saturated rings. The standard InChI is InChI=1S/C30H36FN3O5S/c1-30(2,3)32-29(36)27(18-22-10-7-6-8-11-22)33(20-23-14-16-24(31)17-15-23)28(35)21-34(40(5,37)38)25-12-9-13-26(19-25)39-4/h6-17,19,27H,18,20-21H2,1-5H3,(H,32,36)/t27-/m1/s1. The zero-order chi connectivity index (χ0) is 29.5. The van der Waals surface area contributed by atoms with E-state index in [1.807, 2.05) is 51.1 Å². The van der Waals surface area contributed by atoms with Gasteiger partial charge in [0.2, 0.25) is 21.8 Å². The van der Waals surface area contributed by atoms with Gasteiger partial charge in [0.05, 0.1) is 19.1 Å². The zero-order valence-electron chi connectivity index (χ0n) is 23.4. The quantitative estimate of drug-likeness (QED) is 0.374. The number of hydrogen-bond donors (Lipinski definition) is 1. The second-order valence-electron chi connectivity index (χ2n) is 10.6. The summed E-state index contributed by atoms with van der Waals surface area (Å²) in [6.45, 7) is 4.92. The largest absolute Gasteiger partial charge is 0.497 e. The van der Waals surface area contributed by atoms with Gasteiger partial charge in [0, 0.05) is 24.6 Å². The summed E-state index contributed by atoms with van der Waals surface area (Å²) in [6.07, 6.45) is 1.20. The Balaban J connectivity index is 2.07. The molecule has 8 nitrogen and oxygen atoms in total. The first-order valence-electron chi connectivity index (χ1n) is 12.8. The van der Waals surface area contributed by atoms with Gasteiger partial charge in [-0.3, -0.25) is 13.9 Å². The molecule has 0 bridgehead atoms. The molecule has 0 aliphatic carbocycles. The van der Waals surface area contributed by atoms with Crippen LogP contribution in [0.5, 0.6) is 5.75 Å². The molecule has 40 heavy (non-hydrogen) atoms. The molecule has 214 valence electrons. The van der Waals surface area contributed by atoms with E-state index in [0.29, 0.717) is 11.3 Å². The third-order valence-electron chi connectivity index (χ3n) is 6.06. The highest BCUT2D eigenvalue weighted by atomic mass is 32.2. The van der Waals surface area contributed by atoms with Crippen molar-refractivity contribution in [3.8, 4) is 5.75 Å². The van der Waals surface area contributed by atoms with Crippen LogP contribution in [0.3, 0.4) is 0 Å². The summed E-state index contributed by atoms with van der Waals surface area (Å²) in [7, 11) is -2.44. The molecule has 0 unspecified atom stereocenters. The Morgan fingerprint density at radius 3 is 2.17 bits per heavy atom. The fraction of sp³-hybridized carbons (Fsp3) is 0.333. The number of sulfonamides is 1. The molecular formula is C30H36FN3O5S. The summed E-state index contributed by atoms with van der Waals surface area (Å²) >= 11 is 0. The van der Waals surface area contributed by atoms with Crippen molar-refractivity contribution in [3.05, 3.63) is 95.8 Å². The molecule has 1 N–H and O–H groups in total. The third-order valence-corrected chi connectivity index (χ3v) is 7.20. The number of benzene rings is 3. The van der Waals surface area contributed by atoms with Crippen LogP contribution in [0, 0.1) is 5.82 Å². The monoisotopic (exact) mass is 569 g/mol.